The van der Waals surface area contributed by atoms with E-state index in [-0.39, 0.29) is 0 Å². The number of benzene rings is 3. The molecule has 1 aliphatic carbocycles. The number of amides is 2. The van der Waals surface area contributed by atoms with Gasteiger partial charge in [-0.15, -0.1) is 0 Å². The van der Waals surface area contributed by atoms with Crippen LogP contribution in [-0.2, 0) is 14.3 Å². The summed E-state index contributed by atoms with van der Waals surface area (Å²) < 4.78 is 25.0. The molecule has 1 aromatic heterocycles. The zero-order valence-electron chi connectivity index (χ0n) is 22.7. The number of halogens is 1. The first kappa shape index (κ1) is 27.2. The number of primary amides is 1. The molecule has 4 aromatic rings. The minimum Gasteiger partial charge on any atom is -0.439 e. The van der Waals surface area contributed by atoms with E-state index in [1.165, 1.54) is 29.2 Å². The van der Waals surface area contributed by atoms with Crippen LogP contribution in [0.1, 0.15) is 12.8 Å². The fraction of sp³-hybridized carbons (Fsp3) is 0.226. The summed E-state index contributed by atoms with van der Waals surface area (Å²) in [6, 6.07) is 21.9. The molecule has 10 nitrogen and oxygen atoms in total. The van der Waals surface area contributed by atoms with Gasteiger partial charge in [0.25, 0.3) is 0 Å². The molecule has 0 bridgehead atoms. The average molecular weight is 569 g/mol. The van der Waals surface area contributed by atoms with Crippen LogP contribution in [0.3, 0.4) is 0 Å². The first-order valence-corrected chi connectivity index (χ1v) is 13.6. The van der Waals surface area contributed by atoms with Crippen molar-refractivity contribution in [1.29, 1.82) is 0 Å². The summed E-state index contributed by atoms with van der Waals surface area (Å²) in [5.74, 6) is -0.379. The first-order chi connectivity index (χ1) is 20.4. The minimum atomic E-state index is -1.25. The van der Waals surface area contributed by atoms with E-state index < -0.39 is 23.0 Å². The molecule has 2 amide bonds. The Balaban J connectivity index is 1.16. The van der Waals surface area contributed by atoms with Crippen molar-refractivity contribution in [2.75, 3.05) is 41.4 Å². The standard InChI is InChI=1S/C31H29FN6O4/c32-21-1-5-24(6-2-21)38(29(40)31(14-15-31)28(33)39)25-9-11-26(12-10-25)42-27-13-16-34-30(36-27)35-22-3-7-23(8-4-22)37-17-19-41-20-18-37/h1-13,16H,14-15,17-20H2,(H2,33,39)(H,34,35,36). The van der Waals surface area contributed by atoms with Crippen molar-refractivity contribution in [3.8, 4) is 11.6 Å². The monoisotopic (exact) mass is 568 g/mol. The predicted molar refractivity (Wildman–Crippen MR) is 156 cm³/mol. The summed E-state index contributed by atoms with van der Waals surface area (Å²) in [4.78, 5) is 38.0. The molecule has 6 rings (SSSR count). The third-order valence-corrected chi connectivity index (χ3v) is 7.37. The van der Waals surface area contributed by atoms with Crippen LogP contribution >= 0.6 is 0 Å². The highest BCUT2D eigenvalue weighted by atomic mass is 19.1. The van der Waals surface area contributed by atoms with E-state index in [1.807, 2.05) is 24.3 Å². The molecule has 2 fully saturated rings. The molecule has 3 N–H and O–H groups in total. The van der Waals surface area contributed by atoms with Crippen molar-refractivity contribution < 1.29 is 23.5 Å². The Morgan fingerprint density at radius 2 is 1.57 bits per heavy atom. The molecule has 0 spiro atoms. The molecule has 0 unspecified atom stereocenters. The molecule has 214 valence electrons. The van der Waals surface area contributed by atoms with Gasteiger partial charge in [0, 0.05) is 48.1 Å². The number of aromatic nitrogens is 2. The van der Waals surface area contributed by atoms with Gasteiger partial charge in [0.05, 0.1) is 13.2 Å². The van der Waals surface area contributed by atoms with Gasteiger partial charge in [-0.2, -0.15) is 4.98 Å². The molecule has 1 saturated heterocycles. The van der Waals surface area contributed by atoms with Crippen LogP contribution in [0.25, 0.3) is 0 Å². The van der Waals surface area contributed by atoms with Gasteiger partial charge >= 0.3 is 0 Å². The lowest BCUT2D eigenvalue weighted by molar-refractivity contribution is -0.133. The van der Waals surface area contributed by atoms with E-state index in [0.29, 0.717) is 41.8 Å². The first-order valence-electron chi connectivity index (χ1n) is 13.6. The fourth-order valence-electron chi connectivity index (χ4n) is 4.83. The van der Waals surface area contributed by atoms with Crippen molar-refractivity contribution in [3.05, 3.63) is 90.9 Å². The van der Waals surface area contributed by atoms with Gasteiger partial charge in [-0.05, 0) is 85.6 Å². The Kier molecular flexibility index (Phi) is 7.41. The van der Waals surface area contributed by atoms with Crippen molar-refractivity contribution in [2.45, 2.75) is 12.8 Å². The highest BCUT2D eigenvalue weighted by Gasteiger charge is 2.57. The van der Waals surface area contributed by atoms with E-state index in [2.05, 4.69) is 20.2 Å². The molecule has 42 heavy (non-hydrogen) atoms. The van der Waals surface area contributed by atoms with Crippen LogP contribution in [0.4, 0.5) is 33.1 Å². The van der Waals surface area contributed by atoms with E-state index in [9.17, 15) is 14.0 Å². The topological polar surface area (TPSA) is 123 Å². The molecule has 1 saturated carbocycles. The number of hydrogen-bond donors (Lipinski definition) is 2. The number of ether oxygens (including phenoxy) is 2. The number of rotatable bonds is 9. The van der Waals surface area contributed by atoms with Crippen molar-refractivity contribution in [1.82, 2.24) is 9.97 Å². The SMILES string of the molecule is NC(=O)C1(C(=O)N(c2ccc(F)cc2)c2ccc(Oc3ccnc(Nc4ccc(N5CCOCC5)cc4)n3)cc2)CC1. The number of carbonyl (C=O) groups excluding carboxylic acids is 2. The number of anilines is 5. The Morgan fingerprint density at radius 3 is 2.19 bits per heavy atom. The number of morpholine rings is 1. The lowest BCUT2D eigenvalue weighted by Gasteiger charge is -2.28. The van der Waals surface area contributed by atoms with Gasteiger partial charge in [0.2, 0.25) is 23.6 Å². The number of hydrogen-bond acceptors (Lipinski definition) is 8. The second-order valence-electron chi connectivity index (χ2n) is 10.1. The van der Waals surface area contributed by atoms with Crippen LogP contribution in [0.5, 0.6) is 11.6 Å². The van der Waals surface area contributed by atoms with Gasteiger partial charge < -0.3 is 25.4 Å². The maximum absolute atomic E-state index is 13.6. The van der Waals surface area contributed by atoms with Crippen LogP contribution in [-0.4, -0.2) is 48.1 Å². The smallest absolute Gasteiger partial charge is 0.247 e. The zero-order chi connectivity index (χ0) is 29.1. The third-order valence-electron chi connectivity index (χ3n) is 7.37. The highest BCUT2D eigenvalue weighted by molar-refractivity contribution is 6.16. The van der Waals surface area contributed by atoms with Gasteiger partial charge in [0.1, 0.15) is 17.0 Å². The molecule has 2 aliphatic rings. The Bertz CT molecular complexity index is 1570. The van der Waals surface area contributed by atoms with Crippen LogP contribution in [0, 0.1) is 11.2 Å². The maximum atomic E-state index is 13.6. The second-order valence-corrected chi connectivity index (χ2v) is 10.1. The molecule has 0 atom stereocenters. The van der Waals surface area contributed by atoms with Crippen molar-refractivity contribution >= 4 is 40.5 Å². The summed E-state index contributed by atoms with van der Waals surface area (Å²) >= 11 is 0. The van der Waals surface area contributed by atoms with Gasteiger partial charge in [-0.3, -0.25) is 14.5 Å². The van der Waals surface area contributed by atoms with Crippen LogP contribution in [0.2, 0.25) is 0 Å². The molecule has 3 aromatic carbocycles. The molecule has 0 radical (unpaired) electrons. The molecule has 2 heterocycles. The van der Waals surface area contributed by atoms with Crippen molar-refractivity contribution in [2.24, 2.45) is 11.1 Å². The third kappa shape index (κ3) is 5.72. The van der Waals surface area contributed by atoms with Gasteiger partial charge in [-0.1, -0.05) is 0 Å². The molecule has 11 heteroatoms. The predicted octanol–water partition coefficient (Wildman–Crippen LogP) is 4.92. The summed E-state index contributed by atoms with van der Waals surface area (Å²) in [6.45, 7) is 3.18. The van der Waals surface area contributed by atoms with Gasteiger partial charge in [-0.25, -0.2) is 9.37 Å². The van der Waals surface area contributed by atoms with E-state index in [0.717, 1.165) is 37.7 Å². The fourth-order valence-corrected chi connectivity index (χ4v) is 4.83. The van der Waals surface area contributed by atoms with E-state index in [1.54, 1.807) is 36.5 Å². The molecule has 1 aliphatic heterocycles. The largest absolute Gasteiger partial charge is 0.439 e. The normalized spacial score (nSPS) is 15.5. The van der Waals surface area contributed by atoms with E-state index >= 15 is 0 Å². The minimum absolute atomic E-state index is 0.322. The highest BCUT2D eigenvalue weighted by Crippen LogP contribution is 2.49. The molecular formula is C31H29FN6O4. The number of nitrogens with two attached hydrogens (primary N) is 1. The summed E-state index contributed by atoms with van der Waals surface area (Å²) in [7, 11) is 0. The lowest BCUT2D eigenvalue weighted by atomic mass is 10.0. The zero-order valence-corrected chi connectivity index (χ0v) is 22.7. The number of nitrogens with one attached hydrogen (secondary N) is 1. The number of carbonyl (C=O) groups is 2. The van der Waals surface area contributed by atoms with Crippen LogP contribution in [0.15, 0.2) is 85.1 Å². The maximum Gasteiger partial charge on any atom is 0.247 e. The Morgan fingerprint density at radius 1 is 0.929 bits per heavy atom. The van der Waals surface area contributed by atoms with Crippen molar-refractivity contribution in [3.63, 3.8) is 0 Å². The Labute approximate surface area is 241 Å². The summed E-state index contributed by atoms with van der Waals surface area (Å²) in [6.07, 6.45) is 2.35. The van der Waals surface area contributed by atoms with E-state index in [4.69, 9.17) is 15.2 Å². The summed E-state index contributed by atoms with van der Waals surface area (Å²) in [5.41, 5.74) is 7.19. The summed E-state index contributed by atoms with van der Waals surface area (Å²) in [5, 5.41) is 3.19. The molecular weight excluding hydrogens is 539 g/mol. The number of nitrogens with zero attached hydrogens (tertiary/aromatic N) is 4. The quantitative estimate of drug-likeness (QED) is 0.273. The van der Waals surface area contributed by atoms with Crippen LogP contribution < -0.4 is 25.6 Å². The lowest BCUT2D eigenvalue weighted by Crippen LogP contribution is -2.41. The second kappa shape index (κ2) is 11.5. The Hall–Kier alpha value is -5.03. The van der Waals surface area contributed by atoms with Gasteiger partial charge in [0.15, 0.2) is 0 Å². The average Bonchev–Trinajstić information content (AvgIpc) is 3.83.